The number of carbonyl (C=O) groups excluding carboxylic acids is 1. The lowest BCUT2D eigenvalue weighted by molar-refractivity contribution is -0.138. The molecular weight excluding hydrogens is 220 g/mol. The molecule has 0 aromatic heterocycles. The zero-order chi connectivity index (χ0) is 13.0. The molecule has 0 spiro atoms. The number of nitrogen functional groups attached to an aromatic ring is 1. The molecule has 0 aliphatic heterocycles. The van der Waals surface area contributed by atoms with E-state index in [0.29, 0.717) is 11.3 Å². The van der Waals surface area contributed by atoms with Gasteiger partial charge < -0.3 is 15.7 Å². The van der Waals surface area contributed by atoms with Crippen LogP contribution in [-0.2, 0) is 4.79 Å². The standard InChI is InChI=1S/C12H16N2O3/c1-8(2)14(7-11(15)16)12(17)9-3-5-10(13)6-4-9/h3-6,8H,7,13H2,1-2H3,(H,15,16). The van der Waals surface area contributed by atoms with Crippen LogP contribution < -0.4 is 5.73 Å². The van der Waals surface area contributed by atoms with Crippen molar-refractivity contribution in [3.63, 3.8) is 0 Å². The maximum atomic E-state index is 12.1. The van der Waals surface area contributed by atoms with Gasteiger partial charge in [0, 0.05) is 17.3 Å². The maximum Gasteiger partial charge on any atom is 0.323 e. The molecule has 0 radical (unpaired) electrons. The van der Waals surface area contributed by atoms with E-state index >= 15 is 0 Å². The molecule has 1 rings (SSSR count). The van der Waals surface area contributed by atoms with Gasteiger partial charge in [0.15, 0.2) is 0 Å². The summed E-state index contributed by atoms with van der Waals surface area (Å²) in [6.07, 6.45) is 0. The van der Waals surface area contributed by atoms with Crippen LogP contribution in [0.25, 0.3) is 0 Å². The van der Waals surface area contributed by atoms with Gasteiger partial charge in [-0.3, -0.25) is 9.59 Å². The molecule has 0 heterocycles. The Morgan fingerprint density at radius 1 is 1.29 bits per heavy atom. The van der Waals surface area contributed by atoms with Crippen LogP contribution in [0.2, 0.25) is 0 Å². The zero-order valence-electron chi connectivity index (χ0n) is 9.88. The lowest BCUT2D eigenvalue weighted by Gasteiger charge is -2.24. The van der Waals surface area contributed by atoms with Gasteiger partial charge in [-0.05, 0) is 38.1 Å². The van der Waals surface area contributed by atoms with Crippen LogP contribution >= 0.6 is 0 Å². The summed E-state index contributed by atoms with van der Waals surface area (Å²) < 4.78 is 0. The Labute approximate surface area is 99.8 Å². The van der Waals surface area contributed by atoms with Crippen molar-refractivity contribution < 1.29 is 14.7 Å². The highest BCUT2D eigenvalue weighted by atomic mass is 16.4. The van der Waals surface area contributed by atoms with Crippen LogP contribution in [-0.4, -0.2) is 34.5 Å². The van der Waals surface area contributed by atoms with E-state index in [1.54, 1.807) is 38.1 Å². The lowest BCUT2D eigenvalue weighted by atomic mass is 10.1. The van der Waals surface area contributed by atoms with Crippen molar-refractivity contribution in [2.45, 2.75) is 19.9 Å². The smallest absolute Gasteiger partial charge is 0.323 e. The molecule has 1 amide bonds. The molecule has 1 aromatic carbocycles. The summed E-state index contributed by atoms with van der Waals surface area (Å²) in [5.41, 5.74) is 6.53. The second-order valence-electron chi connectivity index (χ2n) is 4.04. The number of anilines is 1. The number of carboxylic acid groups (broad SMARTS) is 1. The number of nitrogens with zero attached hydrogens (tertiary/aromatic N) is 1. The molecule has 3 N–H and O–H groups in total. The summed E-state index contributed by atoms with van der Waals surface area (Å²) in [6.45, 7) is 3.25. The molecule has 0 aliphatic carbocycles. The molecule has 92 valence electrons. The first kappa shape index (κ1) is 13.0. The summed E-state index contributed by atoms with van der Waals surface area (Å²) in [5.74, 6) is -1.33. The molecule has 5 heteroatoms. The third-order valence-electron chi connectivity index (χ3n) is 2.35. The van der Waals surface area contributed by atoms with Crippen molar-refractivity contribution in [1.82, 2.24) is 4.90 Å². The van der Waals surface area contributed by atoms with Crippen molar-refractivity contribution in [1.29, 1.82) is 0 Å². The first-order valence-electron chi connectivity index (χ1n) is 5.30. The summed E-state index contributed by atoms with van der Waals surface area (Å²) in [6, 6.07) is 6.25. The van der Waals surface area contributed by atoms with Crippen LogP contribution in [0.4, 0.5) is 5.69 Å². The van der Waals surface area contributed by atoms with Crippen LogP contribution in [0.3, 0.4) is 0 Å². The fourth-order valence-corrected chi connectivity index (χ4v) is 1.43. The highest BCUT2D eigenvalue weighted by Gasteiger charge is 2.20. The van der Waals surface area contributed by atoms with E-state index < -0.39 is 5.97 Å². The monoisotopic (exact) mass is 236 g/mol. The average molecular weight is 236 g/mol. The number of aliphatic carboxylic acids is 1. The summed E-state index contributed by atoms with van der Waals surface area (Å²) in [7, 11) is 0. The van der Waals surface area contributed by atoms with Crippen molar-refractivity contribution in [3.05, 3.63) is 29.8 Å². The van der Waals surface area contributed by atoms with Crippen LogP contribution in [0, 0.1) is 0 Å². The fourth-order valence-electron chi connectivity index (χ4n) is 1.43. The van der Waals surface area contributed by atoms with Crippen molar-refractivity contribution in [3.8, 4) is 0 Å². The van der Waals surface area contributed by atoms with Gasteiger partial charge in [-0.1, -0.05) is 0 Å². The Bertz CT molecular complexity index is 412. The minimum absolute atomic E-state index is 0.170. The minimum atomic E-state index is -1.03. The number of benzene rings is 1. The number of hydrogen-bond acceptors (Lipinski definition) is 3. The molecule has 0 aliphatic rings. The molecule has 1 aromatic rings. The number of hydrogen-bond donors (Lipinski definition) is 2. The SMILES string of the molecule is CC(C)N(CC(=O)O)C(=O)c1ccc(N)cc1. The molecular formula is C12H16N2O3. The Kier molecular flexibility index (Phi) is 4.09. The first-order valence-corrected chi connectivity index (χ1v) is 5.30. The van der Waals surface area contributed by atoms with Gasteiger partial charge in [0.05, 0.1) is 0 Å². The zero-order valence-corrected chi connectivity index (χ0v) is 9.88. The Balaban J connectivity index is 2.91. The van der Waals surface area contributed by atoms with E-state index in [4.69, 9.17) is 10.8 Å². The number of rotatable bonds is 4. The second kappa shape index (κ2) is 5.34. The second-order valence-corrected chi connectivity index (χ2v) is 4.04. The van der Waals surface area contributed by atoms with Gasteiger partial charge in [-0.2, -0.15) is 0 Å². The van der Waals surface area contributed by atoms with Crippen LogP contribution in [0.5, 0.6) is 0 Å². The van der Waals surface area contributed by atoms with Gasteiger partial charge in [0.25, 0.3) is 5.91 Å². The van der Waals surface area contributed by atoms with Crippen molar-refractivity contribution in [2.75, 3.05) is 12.3 Å². The number of nitrogens with two attached hydrogens (primary N) is 1. The maximum absolute atomic E-state index is 12.1. The van der Waals surface area contributed by atoms with E-state index in [2.05, 4.69) is 0 Å². The first-order chi connectivity index (χ1) is 7.91. The lowest BCUT2D eigenvalue weighted by Crippen LogP contribution is -2.40. The molecule has 0 bridgehead atoms. The van der Waals surface area contributed by atoms with Crippen LogP contribution in [0.15, 0.2) is 24.3 Å². The molecule has 0 fully saturated rings. The molecule has 5 nitrogen and oxygen atoms in total. The Hall–Kier alpha value is -2.04. The fraction of sp³-hybridized carbons (Fsp3) is 0.333. The normalized spacial score (nSPS) is 10.3. The van der Waals surface area contributed by atoms with Gasteiger partial charge in [-0.25, -0.2) is 0 Å². The van der Waals surface area contributed by atoms with E-state index in [-0.39, 0.29) is 18.5 Å². The predicted octanol–water partition coefficient (Wildman–Crippen LogP) is 1.20. The van der Waals surface area contributed by atoms with Gasteiger partial charge in [0.1, 0.15) is 6.54 Å². The van der Waals surface area contributed by atoms with E-state index in [0.717, 1.165) is 0 Å². The molecule has 0 saturated heterocycles. The molecule has 0 saturated carbocycles. The van der Waals surface area contributed by atoms with E-state index in [9.17, 15) is 9.59 Å². The largest absolute Gasteiger partial charge is 0.480 e. The average Bonchev–Trinajstić information content (AvgIpc) is 2.25. The van der Waals surface area contributed by atoms with Crippen molar-refractivity contribution >= 4 is 17.6 Å². The number of amides is 1. The quantitative estimate of drug-likeness (QED) is 0.769. The molecule has 0 unspecified atom stereocenters. The Morgan fingerprint density at radius 2 is 1.82 bits per heavy atom. The minimum Gasteiger partial charge on any atom is -0.480 e. The molecule has 17 heavy (non-hydrogen) atoms. The highest BCUT2D eigenvalue weighted by Crippen LogP contribution is 2.10. The summed E-state index contributed by atoms with van der Waals surface area (Å²) in [4.78, 5) is 24.0. The van der Waals surface area contributed by atoms with Crippen molar-refractivity contribution in [2.24, 2.45) is 0 Å². The van der Waals surface area contributed by atoms with Crippen LogP contribution in [0.1, 0.15) is 24.2 Å². The third kappa shape index (κ3) is 3.48. The van der Waals surface area contributed by atoms with Gasteiger partial charge >= 0.3 is 5.97 Å². The van der Waals surface area contributed by atoms with Gasteiger partial charge in [0.2, 0.25) is 0 Å². The topological polar surface area (TPSA) is 83.6 Å². The summed E-state index contributed by atoms with van der Waals surface area (Å²) in [5, 5.41) is 8.76. The number of carboxylic acids is 1. The van der Waals surface area contributed by atoms with Gasteiger partial charge in [-0.15, -0.1) is 0 Å². The van der Waals surface area contributed by atoms with E-state index in [1.807, 2.05) is 0 Å². The molecule has 0 atom stereocenters. The Morgan fingerprint density at radius 3 is 2.24 bits per heavy atom. The van der Waals surface area contributed by atoms with E-state index in [1.165, 1.54) is 4.90 Å². The highest BCUT2D eigenvalue weighted by molar-refractivity contribution is 5.96. The third-order valence-corrected chi connectivity index (χ3v) is 2.35. The number of carbonyl (C=O) groups is 2. The predicted molar refractivity (Wildman–Crippen MR) is 64.7 cm³/mol. The summed E-state index contributed by atoms with van der Waals surface area (Å²) >= 11 is 0.